The van der Waals surface area contributed by atoms with E-state index in [0.29, 0.717) is 0 Å². The zero-order valence-electron chi connectivity index (χ0n) is 10.4. The van der Waals surface area contributed by atoms with Crippen LogP contribution >= 0.6 is 11.3 Å². The Morgan fingerprint density at radius 1 is 1.22 bits per heavy atom. The van der Waals surface area contributed by atoms with E-state index in [9.17, 15) is 0 Å². The highest BCUT2D eigenvalue weighted by Crippen LogP contribution is 2.31. The fourth-order valence-electron chi connectivity index (χ4n) is 2.27. The van der Waals surface area contributed by atoms with Gasteiger partial charge in [-0.15, -0.1) is 0 Å². The van der Waals surface area contributed by atoms with E-state index in [-0.39, 0.29) is 6.04 Å². The Hall–Kier alpha value is -1.74. The largest absolute Gasteiger partial charge is 0.459 e. The lowest BCUT2D eigenvalue weighted by Crippen LogP contribution is -2.05. The summed E-state index contributed by atoms with van der Waals surface area (Å²) in [5.41, 5.74) is 3.33. The molecule has 1 unspecified atom stereocenters. The van der Waals surface area contributed by atoms with E-state index < -0.39 is 0 Å². The molecule has 18 heavy (non-hydrogen) atoms. The normalized spacial score (nSPS) is 12.8. The summed E-state index contributed by atoms with van der Waals surface area (Å²) in [5, 5.41) is 8.83. The Morgan fingerprint density at radius 2 is 2.06 bits per heavy atom. The van der Waals surface area contributed by atoms with E-state index >= 15 is 0 Å². The SMILES string of the molecule is Cc1c(C(C)Nc2ccsc2)oc2ccccc12. The quantitative estimate of drug-likeness (QED) is 0.716. The van der Waals surface area contributed by atoms with Crippen molar-refractivity contribution >= 4 is 28.0 Å². The monoisotopic (exact) mass is 257 g/mol. The number of furan rings is 1. The predicted octanol–water partition coefficient (Wildman–Crippen LogP) is 4.98. The van der Waals surface area contributed by atoms with Crippen LogP contribution < -0.4 is 5.32 Å². The van der Waals surface area contributed by atoms with Crippen molar-refractivity contribution in [1.29, 1.82) is 0 Å². The highest BCUT2D eigenvalue weighted by molar-refractivity contribution is 7.08. The van der Waals surface area contributed by atoms with Gasteiger partial charge in [0.1, 0.15) is 11.3 Å². The molecule has 1 N–H and O–H groups in total. The number of thiophene rings is 1. The third-order valence-corrected chi connectivity index (χ3v) is 3.86. The lowest BCUT2D eigenvalue weighted by molar-refractivity contribution is 0.522. The van der Waals surface area contributed by atoms with Gasteiger partial charge < -0.3 is 9.73 Å². The van der Waals surface area contributed by atoms with Crippen LogP contribution in [0.25, 0.3) is 11.0 Å². The summed E-state index contributed by atoms with van der Waals surface area (Å²) >= 11 is 1.69. The van der Waals surface area contributed by atoms with Crippen LogP contribution in [0.3, 0.4) is 0 Å². The molecule has 1 atom stereocenters. The molecular formula is C15H15NOS. The van der Waals surface area contributed by atoms with E-state index in [1.54, 1.807) is 11.3 Å². The summed E-state index contributed by atoms with van der Waals surface area (Å²) in [4.78, 5) is 0. The average molecular weight is 257 g/mol. The van der Waals surface area contributed by atoms with Crippen molar-refractivity contribution in [1.82, 2.24) is 0 Å². The molecule has 0 amide bonds. The summed E-state index contributed by atoms with van der Waals surface area (Å²) in [5.74, 6) is 1.02. The molecule has 2 nitrogen and oxygen atoms in total. The van der Waals surface area contributed by atoms with Crippen LogP contribution in [0.1, 0.15) is 24.3 Å². The number of hydrogen-bond donors (Lipinski definition) is 1. The number of anilines is 1. The van der Waals surface area contributed by atoms with Crippen LogP contribution in [0, 0.1) is 6.92 Å². The van der Waals surface area contributed by atoms with Gasteiger partial charge >= 0.3 is 0 Å². The van der Waals surface area contributed by atoms with Crippen LogP contribution in [0.2, 0.25) is 0 Å². The maximum atomic E-state index is 5.95. The summed E-state index contributed by atoms with van der Waals surface area (Å²) in [6, 6.07) is 10.4. The van der Waals surface area contributed by atoms with Crippen molar-refractivity contribution in [2.75, 3.05) is 5.32 Å². The molecule has 1 aromatic carbocycles. The molecule has 0 saturated heterocycles. The number of para-hydroxylation sites is 1. The summed E-state index contributed by atoms with van der Waals surface area (Å²) in [7, 11) is 0. The lowest BCUT2D eigenvalue weighted by Gasteiger charge is -2.12. The first-order chi connectivity index (χ1) is 8.75. The summed E-state index contributed by atoms with van der Waals surface area (Å²) in [6.07, 6.45) is 0. The minimum Gasteiger partial charge on any atom is -0.459 e. The Labute approximate surface area is 110 Å². The second-order valence-electron chi connectivity index (χ2n) is 4.47. The minimum absolute atomic E-state index is 0.173. The van der Waals surface area contributed by atoms with Gasteiger partial charge in [0.05, 0.1) is 6.04 Å². The third kappa shape index (κ3) is 1.91. The lowest BCUT2D eigenvalue weighted by atomic mass is 10.1. The fourth-order valence-corrected chi connectivity index (χ4v) is 2.87. The Bertz CT molecular complexity index is 654. The van der Waals surface area contributed by atoms with Crippen molar-refractivity contribution in [2.45, 2.75) is 19.9 Å². The summed E-state index contributed by atoms with van der Waals surface area (Å²) in [6.45, 7) is 4.25. The zero-order valence-corrected chi connectivity index (χ0v) is 11.3. The average Bonchev–Trinajstić information content (AvgIpc) is 2.98. The van der Waals surface area contributed by atoms with E-state index in [2.05, 4.69) is 42.1 Å². The number of rotatable bonds is 3. The Morgan fingerprint density at radius 3 is 2.78 bits per heavy atom. The van der Waals surface area contributed by atoms with Gasteiger partial charge in [-0.3, -0.25) is 0 Å². The number of hydrogen-bond acceptors (Lipinski definition) is 3. The second-order valence-corrected chi connectivity index (χ2v) is 5.25. The van der Waals surface area contributed by atoms with Gasteiger partial charge in [0.2, 0.25) is 0 Å². The molecule has 92 valence electrons. The topological polar surface area (TPSA) is 25.2 Å². The Kier molecular flexibility index (Phi) is 2.84. The Balaban J connectivity index is 1.96. The van der Waals surface area contributed by atoms with Crippen molar-refractivity contribution in [3.63, 3.8) is 0 Å². The molecule has 2 heterocycles. The standard InChI is InChI=1S/C15H15NOS/c1-10-13-5-3-4-6-14(13)17-15(10)11(2)16-12-7-8-18-9-12/h3-9,11,16H,1-2H3. The molecule has 0 aliphatic rings. The van der Waals surface area contributed by atoms with Crippen molar-refractivity contribution in [3.8, 4) is 0 Å². The van der Waals surface area contributed by atoms with Crippen LogP contribution in [0.15, 0.2) is 45.5 Å². The van der Waals surface area contributed by atoms with E-state index in [1.165, 1.54) is 10.9 Å². The molecule has 3 heteroatoms. The van der Waals surface area contributed by atoms with Crippen LogP contribution in [0.5, 0.6) is 0 Å². The zero-order chi connectivity index (χ0) is 12.5. The summed E-state index contributed by atoms with van der Waals surface area (Å²) < 4.78 is 5.95. The molecule has 0 radical (unpaired) electrons. The molecule has 0 spiro atoms. The fraction of sp³-hybridized carbons (Fsp3) is 0.200. The van der Waals surface area contributed by atoms with Gasteiger partial charge in [-0.25, -0.2) is 0 Å². The third-order valence-electron chi connectivity index (χ3n) is 3.18. The van der Waals surface area contributed by atoms with E-state index in [0.717, 1.165) is 17.0 Å². The van der Waals surface area contributed by atoms with Gasteiger partial charge in [0, 0.05) is 22.0 Å². The first-order valence-electron chi connectivity index (χ1n) is 6.02. The molecule has 0 aliphatic carbocycles. The van der Waals surface area contributed by atoms with Crippen LogP contribution in [-0.2, 0) is 0 Å². The van der Waals surface area contributed by atoms with E-state index in [4.69, 9.17) is 4.42 Å². The van der Waals surface area contributed by atoms with Crippen molar-refractivity contribution < 1.29 is 4.42 Å². The van der Waals surface area contributed by atoms with Crippen LogP contribution in [-0.4, -0.2) is 0 Å². The first kappa shape index (κ1) is 11.4. The maximum absolute atomic E-state index is 5.95. The minimum atomic E-state index is 0.173. The molecular weight excluding hydrogens is 242 g/mol. The predicted molar refractivity (Wildman–Crippen MR) is 77.3 cm³/mol. The molecule has 0 saturated carbocycles. The number of benzene rings is 1. The molecule has 3 rings (SSSR count). The van der Waals surface area contributed by atoms with Gasteiger partial charge in [-0.2, -0.15) is 11.3 Å². The number of nitrogens with one attached hydrogen (secondary N) is 1. The van der Waals surface area contributed by atoms with Gasteiger partial charge in [-0.1, -0.05) is 18.2 Å². The second kappa shape index (κ2) is 4.50. The molecule has 3 aromatic rings. The molecule has 0 aliphatic heterocycles. The number of fused-ring (bicyclic) bond motifs is 1. The molecule has 0 fully saturated rings. The molecule has 2 aromatic heterocycles. The van der Waals surface area contributed by atoms with Gasteiger partial charge in [-0.05, 0) is 31.4 Å². The highest BCUT2D eigenvalue weighted by atomic mass is 32.1. The van der Waals surface area contributed by atoms with Crippen molar-refractivity contribution in [3.05, 3.63) is 52.4 Å². The first-order valence-corrected chi connectivity index (χ1v) is 6.97. The highest BCUT2D eigenvalue weighted by Gasteiger charge is 2.16. The van der Waals surface area contributed by atoms with E-state index in [1.807, 2.05) is 18.2 Å². The maximum Gasteiger partial charge on any atom is 0.134 e. The smallest absolute Gasteiger partial charge is 0.134 e. The van der Waals surface area contributed by atoms with Gasteiger partial charge in [0.25, 0.3) is 0 Å². The molecule has 0 bridgehead atoms. The van der Waals surface area contributed by atoms with Crippen LogP contribution in [0.4, 0.5) is 5.69 Å². The van der Waals surface area contributed by atoms with Crippen molar-refractivity contribution in [2.24, 2.45) is 0 Å². The number of aryl methyl sites for hydroxylation is 1. The van der Waals surface area contributed by atoms with Gasteiger partial charge in [0.15, 0.2) is 0 Å².